The molecule has 1 saturated carbocycles. The Kier molecular flexibility index (Phi) is 19.7. The fourth-order valence-electron chi connectivity index (χ4n) is 7.64. The molecule has 1 aliphatic carbocycles. The second kappa shape index (κ2) is 23.5. The second-order valence-electron chi connectivity index (χ2n) is 15.1. The standard InChI is InChI=1S/C33H43FN6O3.2C3H6O2.2CO2/c1-20(2)40(21(3)4)31(41)26-15-23(34)6-9-27(26)43-28-16-35-19-36-30(28)39-17-33(18-39)10-12-38(13-11-33)32(42)29-25-8-7-24(37-29)14-22(25)5;2*1-2-3(4)5;2*2-1-3/h6,9,15-16,19-21,24-25,29,37H,5,7-8,10-14,17-18H2,1-4H3;2*2H2,1H3,(H,4,5);;/t24-,25+,29-;;;;/m0..../s1. The third-order valence-electron chi connectivity index (χ3n) is 10.4. The smallest absolute Gasteiger partial charge is 0.373 e. The molecule has 5 heterocycles. The molecule has 5 aliphatic rings. The maximum absolute atomic E-state index is 14.3. The maximum Gasteiger partial charge on any atom is 0.373 e. The van der Waals surface area contributed by atoms with E-state index in [1.165, 1.54) is 30.1 Å². The first-order valence-electron chi connectivity index (χ1n) is 19.4. The first-order chi connectivity index (χ1) is 27.9. The van der Waals surface area contributed by atoms with Crippen LogP contribution < -0.4 is 15.0 Å². The van der Waals surface area contributed by atoms with Crippen molar-refractivity contribution < 1.29 is 57.7 Å². The number of halogens is 1. The highest BCUT2D eigenvalue weighted by Crippen LogP contribution is 2.45. The fourth-order valence-corrected chi connectivity index (χ4v) is 7.64. The molecular formula is C41H55FN6O11. The van der Waals surface area contributed by atoms with Crippen molar-refractivity contribution in [1.29, 1.82) is 0 Å². The van der Waals surface area contributed by atoms with Crippen LogP contribution in [0.4, 0.5) is 10.2 Å². The van der Waals surface area contributed by atoms with Crippen molar-refractivity contribution in [2.75, 3.05) is 31.1 Å². The zero-order chi connectivity index (χ0) is 44.4. The van der Waals surface area contributed by atoms with Gasteiger partial charge in [0.05, 0.1) is 17.8 Å². The normalized spacial score (nSPS) is 19.3. The molecular weight excluding hydrogens is 771 g/mol. The Labute approximate surface area is 343 Å². The summed E-state index contributed by atoms with van der Waals surface area (Å²) in [5, 5.41) is 19.0. The van der Waals surface area contributed by atoms with Crippen LogP contribution in [0.1, 0.15) is 96.8 Å². The number of nitrogens with zero attached hydrogens (tertiary/aromatic N) is 5. The summed E-state index contributed by atoms with van der Waals surface area (Å²) in [6.45, 7) is 18.3. The number of hydrogen-bond acceptors (Lipinski definition) is 13. The van der Waals surface area contributed by atoms with E-state index in [4.69, 9.17) is 34.1 Å². The summed E-state index contributed by atoms with van der Waals surface area (Å²) in [7, 11) is 0. The molecule has 3 N–H and O–H groups in total. The van der Waals surface area contributed by atoms with Crippen LogP contribution in [0.25, 0.3) is 0 Å². The van der Waals surface area contributed by atoms with E-state index in [2.05, 4.69) is 26.8 Å². The summed E-state index contributed by atoms with van der Waals surface area (Å²) in [6, 6.07) is 4.16. The molecule has 0 radical (unpaired) electrons. The Hall–Kier alpha value is -5.83. The van der Waals surface area contributed by atoms with Crippen molar-refractivity contribution in [2.24, 2.45) is 11.3 Å². The highest BCUT2D eigenvalue weighted by molar-refractivity contribution is 5.97. The number of carboxylic acid groups (broad SMARTS) is 2. The van der Waals surface area contributed by atoms with Gasteiger partial charge < -0.3 is 35.0 Å². The number of fused-ring (bicyclic) bond motifs is 3. The van der Waals surface area contributed by atoms with E-state index in [9.17, 15) is 23.6 Å². The van der Waals surface area contributed by atoms with E-state index in [0.717, 1.165) is 58.3 Å². The number of benzene rings is 1. The predicted molar refractivity (Wildman–Crippen MR) is 208 cm³/mol. The maximum atomic E-state index is 14.3. The summed E-state index contributed by atoms with van der Waals surface area (Å²) < 4.78 is 20.6. The third kappa shape index (κ3) is 13.9. The van der Waals surface area contributed by atoms with Crippen LogP contribution in [0.5, 0.6) is 11.5 Å². The van der Waals surface area contributed by atoms with Crippen LogP contribution in [0.3, 0.4) is 0 Å². The van der Waals surface area contributed by atoms with E-state index in [0.29, 0.717) is 17.6 Å². The molecule has 1 aromatic heterocycles. The van der Waals surface area contributed by atoms with E-state index in [1.807, 2.05) is 32.6 Å². The largest absolute Gasteiger partial charge is 0.481 e. The first-order valence-corrected chi connectivity index (χ1v) is 19.4. The van der Waals surface area contributed by atoms with Crippen LogP contribution in [-0.2, 0) is 33.6 Å². The number of piperidine rings is 3. The molecule has 2 aromatic rings. The molecule has 4 aliphatic heterocycles. The molecule has 5 fully saturated rings. The number of carboxylic acids is 2. The van der Waals surface area contributed by atoms with Crippen LogP contribution in [0.2, 0.25) is 0 Å². The number of nitrogens with one attached hydrogen (secondary N) is 1. The minimum atomic E-state index is -0.745. The van der Waals surface area contributed by atoms with Gasteiger partial charge >= 0.3 is 24.2 Å². The van der Waals surface area contributed by atoms with Crippen molar-refractivity contribution in [3.05, 3.63) is 54.3 Å². The Morgan fingerprint density at radius 2 is 1.51 bits per heavy atom. The lowest BCUT2D eigenvalue weighted by Gasteiger charge is -2.55. The van der Waals surface area contributed by atoms with Crippen LogP contribution in [0, 0.1) is 17.2 Å². The zero-order valence-electron chi connectivity index (χ0n) is 34.4. The number of ether oxygens (including phenoxy) is 1. The minimum Gasteiger partial charge on any atom is -0.481 e. The summed E-state index contributed by atoms with van der Waals surface area (Å²) in [5.41, 5.74) is 1.51. The summed E-state index contributed by atoms with van der Waals surface area (Å²) in [6.07, 6.45) is 9.09. The number of hydrogen-bond donors (Lipinski definition) is 3. The summed E-state index contributed by atoms with van der Waals surface area (Å²) >= 11 is 0. The molecule has 18 heteroatoms. The quantitative estimate of drug-likeness (QED) is 0.294. The number of aliphatic carboxylic acids is 2. The van der Waals surface area contributed by atoms with Gasteiger partial charge in [0.15, 0.2) is 11.6 Å². The fraction of sp³-hybridized carbons (Fsp3) is 0.561. The monoisotopic (exact) mass is 826 g/mol. The van der Waals surface area contributed by atoms with Gasteiger partial charge in [0, 0.05) is 68.5 Å². The Morgan fingerprint density at radius 3 is 1.98 bits per heavy atom. The number of amides is 2. The molecule has 1 spiro atoms. The first kappa shape index (κ1) is 49.3. The molecule has 4 saturated heterocycles. The van der Waals surface area contributed by atoms with Gasteiger partial charge in [0.1, 0.15) is 17.9 Å². The van der Waals surface area contributed by atoms with Gasteiger partial charge in [-0.25, -0.2) is 14.4 Å². The Bertz CT molecular complexity index is 1800. The van der Waals surface area contributed by atoms with Crippen molar-refractivity contribution >= 4 is 41.9 Å². The summed E-state index contributed by atoms with van der Waals surface area (Å²) in [5.74, 6) is -0.455. The van der Waals surface area contributed by atoms with Crippen molar-refractivity contribution in [1.82, 2.24) is 25.1 Å². The van der Waals surface area contributed by atoms with Crippen molar-refractivity contribution in [2.45, 2.75) is 111 Å². The number of rotatable bonds is 9. The van der Waals surface area contributed by atoms with E-state index >= 15 is 0 Å². The molecule has 2 bridgehead atoms. The lowest BCUT2D eigenvalue weighted by atomic mass is 9.70. The average molecular weight is 827 g/mol. The second-order valence-corrected chi connectivity index (χ2v) is 15.1. The Morgan fingerprint density at radius 1 is 0.966 bits per heavy atom. The molecule has 1 aromatic carbocycles. The zero-order valence-corrected chi connectivity index (χ0v) is 34.4. The number of likely N-dealkylation sites (tertiary alicyclic amines) is 1. The van der Waals surface area contributed by atoms with E-state index in [-0.39, 0.29) is 77.7 Å². The van der Waals surface area contributed by atoms with Crippen molar-refractivity contribution in [3.8, 4) is 11.5 Å². The molecule has 2 amide bonds. The van der Waals surface area contributed by atoms with Gasteiger partial charge in [-0.05, 0) is 78.0 Å². The van der Waals surface area contributed by atoms with Gasteiger partial charge in [-0.2, -0.15) is 19.2 Å². The lowest BCUT2D eigenvalue weighted by Crippen LogP contribution is -2.64. The van der Waals surface area contributed by atoms with Gasteiger partial charge in [-0.15, -0.1) is 0 Å². The van der Waals surface area contributed by atoms with E-state index < -0.39 is 17.8 Å². The predicted octanol–water partition coefficient (Wildman–Crippen LogP) is 4.59. The molecule has 59 heavy (non-hydrogen) atoms. The number of anilines is 1. The van der Waals surface area contributed by atoms with Gasteiger partial charge in [-0.3, -0.25) is 19.2 Å². The molecule has 0 unspecified atom stereocenters. The van der Waals surface area contributed by atoms with E-state index in [1.54, 1.807) is 24.9 Å². The van der Waals surface area contributed by atoms with Crippen LogP contribution >= 0.6 is 0 Å². The minimum absolute atomic E-state index is 0.0632. The highest BCUT2D eigenvalue weighted by atomic mass is 19.1. The SMILES string of the molecule is C=C1C[C@@H]2CC[C@H]1[C@@H](C(=O)N1CCC3(CC1)CN(c1ncncc1Oc1ccc(F)cc1C(=O)N(C(C)C)C(C)C)C3)N2.CCC(=O)O.CCC(=O)O.O=C=O.O=C=O. The topological polar surface area (TPSA) is 234 Å². The van der Waals surface area contributed by atoms with Crippen molar-refractivity contribution in [3.63, 3.8) is 0 Å². The third-order valence-corrected chi connectivity index (χ3v) is 10.4. The van der Waals surface area contributed by atoms with Gasteiger partial charge in [0.25, 0.3) is 5.91 Å². The molecule has 7 rings (SSSR count). The number of aromatic nitrogens is 2. The van der Waals surface area contributed by atoms with Crippen LogP contribution in [-0.4, -0.2) is 116 Å². The lowest BCUT2D eigenvalue weighted by molar-refractivity contribution is -0.193. The average Bonchev–Trinajstić information content (AvgIpc) is 3.18. The molecule has 322 valence electrons. The number of carbonyl (C=O) groups excluding carboxylic acids is 6. The molecule has 17 nitrogen and oxygen atoms in total. The van der Waals surface area contributed by atoms with Gasteiger partial charge in [-0.1, -0.05) is 26.0 Å². The number of carbonyl (C=O) groups is 4. The summed E-state index contributed by atoms with van der Waals surface area (Å²) in [4.78, 5) is 92.8. The molecule has 3 atom stereocenters. The highest BCUT2D eigenvalue weighted by Gasteiger charge is 2.49. The Balaban J connectivity index is 0.000000644. The van der Waals surface area contributed by atoms with Gasteiger partial charge in [0.2, 0.25) is 5.91 Å². The van der Waals surface area contributed by atoms with Crippen LogP contribution in [0.15, 0.2) is 42.9 Å².